The first-order valence-corrected chi connectivity index (χ1v) is 13.9. The number of rotatable bonds is 4. The highest BCUT2D eigenvalue weighted by molar-refractivity contribution is 5.78. The van der Waals surface area contributed by atoms with Crippen LogP contribution < -0.4 is 11.1 Å². The molecule has 6 rings (SSSR count). The maximum Gasteiger partial charge on any atom is 0.416 e. The molecule has 0 saturated heterocycles. The topological polar surface area (TPSA) is 69.8 Å². The van der Waals surface area contributed by atoms with E-state index in [0.717, 1.165) is 28.7 Å². The lowest BCUT2D eigenvalue weighted by atomic mass is 10.1. The number of nitrogens with zero attached hydrogens (tertiary/aromatic N) is 4. The number of halogens is 3. The summed E-state index contributed by atoms with van der Waals surface area (Å²) < 4.78 is 41.3. The molecule has 9 heteroatoms. The summed E-state index contributed by atoms with van der Waals surface area (Å²) in [6.07, 6.45) is -4.40. The van der Waals surface area contributed by atoms with Crippen LogP contribution in [-0.2, 0) is 19.3 Å². The lowest BCUT2D eigenvalue weighted by Crippen LogP contribution is -2.23. The Hall–Kier alpha value is -5.05. The van der Waals surface area contributed by atoms with Crippen LogP contribution in [0.4, 0.5) is 13.2 Å². The number of alkyl halides is 3. The molecule has 6 nitrogen and oxygen atoms in total. The van der Waals surface area contributed by atoms with Crippen molar-refractivity contribution < 1.29 is 13.2 Å². The van der Waals surface area contributed by atoms with Gasteiger partial charge < -0.3 is 9.13 Å². The van der Waals surface area contributed by atoms with Gasteiger partial charge in [-0.2, -0.15) is 13.2 Å². The molecule has 0 amide bonds. The Labute approximate surface area is 245 Å². The minimum absolute atomic E-state index is 0.0324. The van der Waals surface area contributed by atoms with E-state index in [1.807, 2.05) is 75.4 Å². The van der Waals surface area contributed by atoms with E-state index in [9.17, 15) is 22.8 Å². The van der Waals surface area contributed by atoms with Crippen molar-refractivity contribution in [3.05, 3.63) is 129 Å². The molecule has 6 aromatic rings. The fourth-order valence-corrected chi connectivity index (χ4v) is 4.92. The quantitative estimate of drug-likeness (QED) is 0.216. The van der Waals surface area contributed by atoms with E-state index in [0.29, 0.717) is 35.4 Å². The summed E-state index contributed by atoms with van der Waals surface area (Å²) in [4.78, 5) is 34.1. The van der Waals surface area contributed by atoms with Gasteiger partial charge in [-0.25, -0.2) is 9.97 Å². The highest BCUT2D eigenvalue weighted by Gasteiger charge is 2.30. The van der Waals surface area contributed by atoms with E-state index in [4.69, 9.17) is 0 Å². The minimum Gasteiger partial charge on any atom is -0.305 e. The van der Waals surface area contributed by atoms with E-state index in [2.05, 4.69) is 9.97 Å². The fourth-order valence-electron chi connectivity index (χ4n) is 4.92. The molecular weight excluding hydrogens is 553 g/mol. The van der Waals surface area contributed by atoms with Crippen molar-refractivity contribution in [1.82, 2.24) is 19.1 Å². The van der Waals surface area contributed by atoms with Gasteiger partial charge >= 0.3 is 6.18 Å². The van der Waals surface area contributed by atoms with Crippen LogP contribution >= 0.6 is 0 Å². The molecule has 218 valence electrons. The molecule has 0 aliphatic heterocycles. The second kappa shape index (κ2) is 12.1. The van der Waals surface area contributed by atoms with Gasteiger partial charge in [0.1, 0.15) is 11.4 Å². The molecule has 2 aromatic heterocycles. The van der Waals surface area contributed by atoms with Gasteiger partial charge in [-0.05, 0) is 57.2 Å². The van der Waals surface area contributed by atoms with Crippen molar-refractivity contribution in [2.75, 3.05) is 0 Å². The third kappa shape index (κ3) is 5.97. The van der Waals surface area contributed by atoms with Gasteiger partial charge in [-0.3, -0.25) is 9.59 Å². The van der Waals surface area contributed by atoms with E-state index >= 15 is 0 Å². The molecule has 0 atom stereocenters. The van der Waals surface area contributed by atoms with Gasteiger partial charge in [0.15, 0.2) is 0 Å². The van der Waals surface area contributed by atoms with Crippen LogP contribution in [0.5, 0.6) is 0 Å². The summed E-state index contributed by atoms with van der Waals surface area (Å²) in [5.74, 6) is 0. The van der Waals surface area contributed by atoms with Crippen molar-refractivity contribution >= 4 is 22.1 Å². The zero-order chi connectivity index (χ0) is 30.7. The number of hydrogen-bond acceptors (Lipinski definition) is 4. The first kappa shape index (κ1) is 29.4. The average molecular weight is 583 g/mol. The maximum atomic E-state index is 12.6. The van der Waals surface area contributed by atoms with Gasteiger partial charge in [0.2, 0.25) is 0 Å². The molecule has 2 heterocycles. The van der Waals surface area contributed by atoms with Crippen molar-refractivity contribution in [3.63, 3.8) is 0 Å². The number of benzene rings is 4. The second-order valence-corrected chi connectivity index (χ2v) is 9.94. The fraction of sp³-hybridized carbons (Fsp3) is 0.176. The maximum absolute atomic E-state index is 12.6. The van der Waals surface area contributed by atoms with Gasteiger partial charge in [0.05, 0.1) is 27.6 Å². The van der Waals surface area contributed by atoms with E-state index in [1.165, 1.54) is 17.7 Å². The number of aromatic nitrogens is 4. The highest BCUT2D eigenvalue weighted by atomic mass is 19.4. The molecule has 4 aromatic carbocycles. The molecule has 0 bridgehead atoms. The van der Waals surface area contributed by atoms with E-state index < -0.39 is 11.7 Å². The molecule has 0 aliphatic carbocycles. The Kier molecular flexibility index (Phi) is 8.25. The smallest absolute Gasteiger partial charge is 0.305 e. The number of fused-ring (bicyclic) bond motifs is 2. The Balaban J connectivity index is 0.000000173. The molecule has 0 saturated carbocycles. The van der Waals surface area contributed by atoms with Gasteiger partial charge in [-0.1, -0.05) is 66.2 Å². The number of hydrogen-bond donors (Lipinski definition) is 0. The molecule has 43 heavy (non-hydrogen) atoms. The lowest BCUT2D eigenvalue weighted by Gasteiger charge is -2.11. The normalized spacial score (nSPS) is 11.4. The lowest BCUT2D eigenvalue weighted by molar-refractivity contribution is -0.137. The summed E-state index contributed by atoms with van der Waals surface area (Å²) in [5.41, 5.74) is 5.05. The van der Waals surface area contributed by atoms with Crippen molar-refractivity contribution in [2.24, 2.45) is 0 Å². The molecular formula is C34H29F3N4O2. The molecule has 0 spiro atoms. The van der Waals surface area contributed by atoms with Crippen LogP contribution in [0.1, 0.15) is 25.0 Å². The predicted molar refractivity (Wildman–Crippen MR) is 164 cm³/mol. The average Bonchev–Trinajstić information content (AvgIpc) is 3.01. The predicted octanol–water partition coefficient (Wildman–Crippen LogP) is 7.49. The second-order valence-electron chi connectivity index (χ2n) is 9.94. The van der Waals surface area contributed by atoms with Gasteiger partial charge in [-0.15, -0.1) is 0 Å². The molecule has 0 unspecified atom stereocenters. The van der Waals surface area contributed by atoms with Crippen LogP contribution in [0.25, 0.3) is 44.6 Å². The van der Waals surface area contributed by atoms with Crippen LogP contribution in [0, 0.1) is 6.92 Å². The van der Waals surface area contributed by atoms with Crippen LogP contribution in [0.2, 0.25) is 0 Å². The highest BCUT2D eigenvalue weighted by Crippen LogP contribution is 2.30. The standard InChI is InChI=1S/C17H13F3N2O.C17H16N2O/c1-2-22-14-6-4-3-5-13(14)21-15(16(22)23)11-7-9-12(10-8-11)17(18,19)20;1-3-19-15-7-5-4-6-14(15)18-16(17(19)20)13-10-8-12(2)9-11-13/h3-10H,2H2,1H3;4-11H,3H2,1-2H3. The summed E-state index contributed by atoms with van der Waals surface area (Å²) in [6, 6.07) is 27.3. The Morgan fingerprint density at radius 3 is 1.40 bits per heavy atom. The van der Waals surface area contributed by atoms with Crippen molar-refractivity contribution in [2.45, 2.75) is 40.0 Å². The van der Waals surface area contributed by atoms with Crippen LogP contribution in [0.3, 0.4) is 0 Å². The molecule has 0 aliphatic rings. The monoisotopic (exact) mass is 582 g/mol. The molecule has 0 fully saturated rings. The van der Waals surface area contributed by atoms with Crippen LogP contribution in [0.15, 0.2) is 107 Å². The first-order chi connectivity index (χ1) is 20.6. The third-order valence-corrected chi connectivity index (χ3v) is 7.15. The van der Waals surface area contributed by atoms with Crippen molar-refractivity contribution in [3.8, 4) is 22.5 Å². The SMILES string of the molecule is CCn1c(=O)c(-c2ccc(C(F)(F)F)cc2)nc2ccccc21.CCn1c(=O)c(-c2ccc(C)cc2)nc2ccccc21. The third-order valence-electron chi connectivity index (χ3n) is 7.15. The summed E-state index contributed by atoms with van der Waals surface area (Å²) >= 11 is 0. The summed E-state index contributed by atoms with van der Waals surface area (Å²) in [5, 5.41) is 0. The van der Waals surface area contributed by atoms with Gasteiger partial charge in [0, 0.05) is 24.2 Å². The van der Waals surface area contributed by atoms with Crippen molar-refractivity contribution in [1.29, 1.82) is 0 Å². The number of aryl methyl sites for hydroxylation is 3. The first-order valence-electron chi connectivity index (χ1n) is 13.9. The van der Waals surface area contributed by atoms with E-state index in [1.54, 1.807) is 27.3 Å². The zero-order valence-electron chi connectivity index (χ0n) is 23.9. The zero-order valence-corrected chi connectivity index (χ0v) is 23.9. The Bertz CT molecular complexity index is 2030. The number of para-hydroxylation sites is 4. The minimum atomic E-state index is -4.40. The Morgan fingerprint density at radius 1 is 0.605 bits per heavy atom. The summed E-state index contributed by atoms with van der Waals surface area (Å²) in [6.45, 7) is 6.94. The van der Waals surface area contributed by atoms with Gasteiger partial charge in [0.25, 0.3) is 11.1 Å². The molecule has 0 N–H and O–H groups in total. The largest absolute Gasteiger partial charge is 0.416 e. The Morgan fingerprint density at radius 2 is 1.00 bits per heavy atom. The summed E-state index contributed by atoms with van der Waals surface area (Å²) in [7, 11) is 0. The van der Waals surface area contributed by atoms with E-state index in [-0.39, 0.29) is 16.8 Å². The molecule has 0 radical (unpaired) electrons. The van der Waals surface area contributed by atoms with Crippen LogP contribution in [-0.4, -0.2) is 19.1 Å².